The molecule has 2 N–H and O–H groups in total. The summed E-state index contributed by atoms with van der Waals surface area (Å²) >= 11 is 5.36. The summed E-state index contributed by atoms with van der Waals surface area (Å²) in [7, 11) is 4.06. The maximum atomic E-state index is 5.36. The Morgan fingerprint density at radius 1 is 1.26 bits per heavy atom. The molecule has 0 unspecified atom stereocenters. The summed E-state index contributed by atoms with van der Waals surface area (Å²) in [4.78, 5) is 4.59. The Hall–Kier alpha value is -1.66. The molecular formula is C17H25N5S. The van der Waals surface area contributed by atoms with Crippen LogP contribution in [0.1, 0.15) is 18.4 Å². The number of hydrazone groups is 1. The van der Waals surface area contributed by atoms with Crippen LogP contribution in [0, 0.1) is 5.92 Å². The zero-order valence-corrected chi connectivity index (χ0v) is 14.6. The molecule has 4 rings (SSSR count). The van der Waals surface area contributed by atoms with Crippen molar-refractivity contribution in [3.63, 3.8) is 0 Å². The second-order valence-electron chi connectivity index (χ2n) is 6.57. The molecular weight excluding hydrogens is 306 g/mol. The van der Waals surface area contributed by atoms with Crippen molar-refractivity contribution in [1.82, 2.24) is 15.6 Å². The summed E-state index contributed by atoms with van der Waals surface area (Å²) in [5, 5.41) is 8.27. The number of rotatable bonds is 4. The summed E-state index contributed by atoms with van der Waals surface area (Å²) in [6.45, 7) is 3.58. The van der Waals surface area contributed by atoms with Crippen molar-refractivity contribution in [3.8, 4) is 0 Å². The van der Waals surface area contributed by atoms with E-state index >= 15 is 0 Å². The number of hydrogen-bond donors (Lipinski definition) is 2. The van der Waals surface area contributed by atoms with Crippen LogP contribution in [-0.2, 0) is 0 Å². The fourth-order valence-corrected chi connectivity index (χ4v) is 3.56. The number of fused-ring (bicyclic) bond motifs is 3. The maximum Gasteiger partial charge on any atom is 0.187 e. The average Bonchev–Trinajstić information content (AvgIpc) is 2.56. The number of nitrogens with zero attached hydrogens (tertiary/aromatic N) is 3. The average molecular weight is 331 g/mol. The lowest BCUT2D eigenvalue weighted by Gasteiger charge is -2.45. The van der Waals surface area contributed by atoms with Crippen LogP contribution in [0.3, 0.4) is 0 Å². The SMILES string of the molecule is CN(C)c1ccc(/C=N\NC(=S)N[C@H]2CN3CCC2CC3)cc1. The molecule has 3 saturated heterocycles. The molecule has 3 aliphatic heterocycles. The Morgan fingerprint density at radius 2 is 1.96 bits per heavy atom. The standard InChI is InChI=1S/C17H25N5S/c1-21(2)15-5-3-13(4-6-15)11-18-20-17(23)19-16-12-22-9-7-14(16)8-10-22/h3-6,11,14,16H,7-10,12H2,1-2H3,(H2,19,20,23)/b18-11-/t16-/m0/s1. The van der Waals surface area contributed by atoms with Gasteiger partial charge in [0.1, 0.15) is 0 Å². The fraction of sp³-hybridized carbons (Fsp3) is 0.529. The molecule has 0 amide bonds. The van der Waals surface area contributed by atoms with Crippen molar-refractivity contribution in [2.24, 2.45) is 11.0 Å². The molecule has 3 fully saturated rings. The number of hydrogen-bond acceptors (Lipinski definition) is 4. The van der Waals surface area contributed by atoms with E-state index in [0.29, 0.717) is 11.2 Å². The first kappa shape index (κ1) is 16.2. The minimum absolute atomic E-state index is 0.465. The molecule has 1 aromatic carbocycles. The van der Waals surface area contributed by atoms with Gasteiger partial charge in [0.2, 0.25) is 0 Å². The third kappa shape index (κ3) is 4.20. The van der Waals surface area contributed by atoms with Crippen molar-refractivity contribution in [3.05, 3.63) is 29.8 Å². The van der Waals surface area contributed by atoms with Crippen molar-refractivity contribution in [2.45, 2.75) is 18.9 Å². The first-order valence-electron chi connectivity index (χ1n) is 8.21. The highest BCUT2D eigenvalue weighted by atomic mass is 32.1. The van der Waals surface area contributed by atoms with Gasteiger partial charge in [-0.3, -0.25) is 5.43 Å². The van der Waals surface area contributed by atoms with Crippen LogP contribution in [0.2, 0.25) is 0 Å². The molecule has 5 nitrogen and oxygen atoms in total. The predicted molar refractivity (Wildman–Crippen MR) is 100 cm³/mol. The first-order valence-corrected chi connectivity index (χ1v) is 8.62. The molecule has 23 heavy (non-hydrogen) atoms. The number of benzene rings is 1. The molecule has 1 atom stereocenters. The molecule has 0 radical (unpaired) electrons. The third-order valence-corrected chi connectivity index (χ3v) is 4.97. The van der Waals surface area contributed by atoms with Crippen molar-refractivity contribution >= 4 is 29.2 Å². The van der Waals surface area contributed by atoms with Gasteiger partial charge in [-0.15, -0.1) is 0 Å². The van der Waals surface area contributed by atoms with E-state index in [0.717, 1.165) is 18.0 Å². The number of piperidine rings is 3. The van der Waals surface area contributed by atoms with Gasteiger partial charge in [0.25, 0.3) is 0 Å². The largest absolute Gasteiger partial charge is 0.378 e. The lowest BCUT2D eigenvalue weighted by atomic mass is 9.84. The van der Waals surface area contributed by atoms with Crippen molar-refractivity contribution < 1.29 is 0 Å². The predicted octanol–water partition coefficient (Wildman–Crippen LogP) is 1.64. The second-order valence-corrected chi connectivity index (χ2v) is 6.98. The van der Waals surface area contributed by atoms with Crippen LogP contribution in [-0.4, -0.2) is 56.0 Å². The van der Waals surface area contributed by atoms with Crippen molar-refractivity contribution in [1.29, 1.82) is 0 Å². The van der Waals surface area contributed by atoms with Gasteiger partial charge < -0.3 is 15.1 Å². The molecule has 3 aliphatic rings. The monoisotopic (exact) mass is 331 g/mol. The normalized spacial score (nSPS) is 26.3. The van der Waals surface area contributed by atoms with E-state index in [1.165, 1.54) is 31.6 Å². The highest BCUT2D eigenvalue weighted by Gasteiger charge is 2.34. The lowest BCUT2D eigenvalue weighted by molar-refractivity contribution is 0.0812. The van der Waals surface area contributed by atoms with Crippen LogP contribution < -0.4 is 15.6 Å². The number of nitrogens with one attached hydrogen (secondary N) is 2. The third-order valence-electron chi connectivity index (χ3n) is 4.76. The summed E-state index contributed by atoms with van der Waals surface area (Å²) < 4.78 is 0. The van der Waals surface area contributed by atoms with Gasteiger partial charge in [0.15, 0.2) is 5.11 Å². The molecule has 0 saturated carbocycles. The van der Waals surface area contributed by atoms with E-state index < -0.39 is 0 Å². The van der Waals surface area contributed by atoms with Crippen LogP contribution in [0.15, 0.2) is 29.4 Å². The molecule has 0 aromatic heterocycles. The van der Waals surface area contributed by atoms with Crippen LogP contribution in [0.5, 0.6) is 0 Å². The molecule has 2 bridgehead atoms. The summed E-state index contributed by atoms with van der Waals surface area (Å²) in [6, 6.07) is 8.71. The number of thiocarbonyl (C=S) groups is 1. The fourth-order valence-electron chi connectivity index (χ4n) is 3.35. The van der Waals surface area contributed by atoms with E-state index in [2.05, 4.69) is 37.8 Å². The summed E-state index contributed by atoms with van der Waals surface area (Å²) in [5.74, 6) is 0.752. The Bertz CT molecular complexity index is 561. The van der Waals surface area contributed by atoms with Gasteiger partial charge >= 0.3 is 0 Å². The molecule has 124 valence electrons. The lowest BCUT2D eigenvalue weighted by Crippen LogP contribution is -2.58. The molecule has 0 spiro atoms. The Morgan fingerprint density at radius 3 is 2.52 bits per heavy atom. The summed E-state index contributed by atoms with van der Waals surface area (Å²) in [6.07, 6.45) is 4.35. The van der Waals surface area contributed by atoms with Crippen molar-refractivity contribution in [2.75, 3.05) is 38.6 Å². The minimum Gasteiger partial charge on any atom is -0.378 e. The van der Waals surface area contributed by atoms with Gasteiger partial charge in [-0.05, 0) is 61.8 Å². The number of anilines is 1. The second kappa shape index (κ2) is 7.27. The van der Waals surface area contributed by atoms with E-state index in [1.54, 1.807) is 6.21 Å². The van der Waals surface area contributed by atoms with Gasteiger partial charge in [-0.25, -0.2) is 0 Å². The topological polar surface area (TPSA) is 42.9 Å². The van der Waals surface area contributed by atoms with E-state index in [4.69, 9.17) is 12.2 Å². The van der Waals surface area contributed by atoms with Gasteiger partial charge in [0, 0.05) is 32.4 Å². The molecule has 1 aromatic rings. The Balaban J connectivity index is 1.47. The first-order chi connectivity index (χ1) is 11.1. The van der Waals surface area contributed by atoms with Crippen LogP contribution >= 0.6 is 12.2 Å². The smallest absolute Gasteiger partial charge is 0.187 e. The minimum atomic E-state index is 0.465. The maximum absolute atomic E-state index is 5.36. The Kier molecular flexibility index (Phi) is 5.13. The van der Waals surface area contributed by atoms with E-state index in [9.17, 15) is 0 Å². The Labute approximate surface area is 143 Å². The van der Waals surface area contributed by atoms with Crippen LogP contribution in [0.4, 0.5) is 5.69 Å². The zero-order chi connectivity index (χ0) is 16.2. The van der Waals surface area contributed by atoms with Gasteiger partial charge in [-0.2, -0.15) is 5.10 Å². The quantitative estimate of drug-likeness (QED) is 0.499. The highest BCUT2D eigenvalue weighted by Crippen LogP contribution is 2.27. The van der Waals surface area contributed by atoms with Crippen LogP contribution in [0.25, 0.3) is 0 Å². The van der Waals surface area contributed by atoms with Gasteiger partial charge in [-0.1, -0.05) is 12.1 Å². The summed E-state index contributed by atoms with van der Waals surface area (Å²) in [5.41, 5.74) is 5.16. The molecule has 3 heterocycles. The highest BCUT2D eigenvalue weighted by molar-refractivity contribution is 7.80. The zero-order valence-electron chi connectivity index (χ0n) is 13.8. The van der Waals surface area contributed by atoms with E-state index in [-0.39, 0.29) is 0 Å². The molecule has 0 aliphatic carbocycles. The van der Waals surface area contributed by atoms with E-state index in [1.807, 2.05) is 26.2 Å². The van der Waals surface area contributed by atoms with Gasteiger partial charge in [0.05, 0.1) is 6.21 Å². The molecule has 6 heteroatoms.